The third-order valence-corrected chi connectivity index (χ3v) is 3.35. The SMILES string of the molecule is CCCNCc1ccc(SCCCO)cc1. The number of aliphatic hydroxyl groups is 1. The molecule has 0 saturated carbocycles. The van der Waals surface area contributed by atoms with Gasteiger partial charge in [0.15, 0.2) is 0 Å². The largest absolute Gasteiger partial charge is 0.396 e. The van der Waals surface area contributed by atoms with Gasteiger partial charge in [0, 0.05) is 23.8 Å². The molecule has 0 aliphatic heterocycles. The molecule has 0 aliphatic carbocycles. The highest BCUT2D eigenvalue weighted by atomic mass is 32.2. The Kier molecular flexibility index (Phi) is 7.30. The van der Waals surface area contributed by atoms with Crippen LogP contribution in [0, 0.1) is 0 Å². The Labute approximate surface area is 102 Å². The van der Waals surface area contributed by atoms with E-state index in [9.17, 15) is 0 Å². The van der Waals surface area contributed by atoms with Crippen molar-refractivity contribution in [3.05, 3.63) is 29.8 Å². The maximum absolute atomic E-state index is 8.69. The van der Waals surface area contributed by atoms with Crippen LogP contribution in [0.5, 0.6) is 0 Å². The fourth-order valence-corrected chi connectivity index (χ4v) is 2.21. The first kappa shape index (κ1) is 13.6. The van der Waals surface area contributed by atoms with Gasteiger partial charge in [-0.2, -0.15) is 0 Å². The molecule has 0 atom stereocenters. The van der Waals surface area contributed by atoms with Gasteiger partial charge < -0.3 is 10.4 Å². The summed E-state index contributed by atoms with van der Waals surface area (Å²) >= 11 is 1.80. The Morgan fingerprint density at radius 2 is 2.00 bits per heavy atom. The van der Waals surface area contributed by atoms with Crippen molar-refractivity contribution in [1.82, 2.24) is 5.32 Å². The maximum atomic E-state index is 8.69. The van der Waals surface area contributed by atoms with E-state index in [4.69, 9.17) is 5.11 Å². The molecule has 0 radical (unpaired) electrons. The van der Waals surface area contributed by atoms with E-state index in [-0.39, 0.29) is 6.61 Å². The highest BCUT2D eigenvalue weighted by molar-refractivity contribution is 7.99. The van der Waals surface area contributed by atoms with E-state index in [0.29, 0.717) is 0 Å². The second-order valence-electron chi connectivity index (χ2n) is 3.75. The van der Waals surface area contributed by atoms with Crippen LogP contribution in [0.1, 0.15) is 25.3 Å². The van der Waals surface area contributed by atoms with Gasteiger partial charge in [-0.05, 0) is 37.1 Å². The minimum Gasteiger partial charge on any atom is -0.396 e. The minimum atomic E-state index is 0.284. The molecule has 0 unspecified atom stereocenters. The van der Waals surface area contributed by atoms with E-state index in [1.807, 2.05) is 0 Å². The van der Waals surface area contributed by atoms with Crippen LogP contribution in [0.25, 0.3) is 0 Å². The summed E-state index contributed by atoms with van der Waals surface area (Å²) in [6, 6.07) is 8.66. The van der Waals surface area contributed by atoms with Gasteiger partial charge in [-0.25, -0.2) is 0 Å². The van der Waals surface area contributed by atoms with Crippen LogP contribution in [0.2, 0.25) is 0 Å². The molecule has 0 saturated heterocycles. The van der Waals surface area contributed by atoms with Crippen LogP contribution in [-0.4, -0.2) is 24.0 Å². The van der Waals surface area contributed by atoms with Crippen molar-refractivity contribution in [2.75, 3.05) is 18.9 Å². The summed E-state index contributed by atoms with van der Waals surface area (Å²) in [7, 11) is 0. The Balaban J connectivity index is 2.30. The van der Waals surface area contributed by atoms with Gasteiger partial charge in [0.1, 0.15) is 0 Å². The zero-order chi connectivity index (χ0) is 11.6. The van der Waals surface area contributed by atoms with E-state index < -0.39 is 0 Å². The topological polar surface area (TPSA) is 32.3 Å². The van der Waals surface area contributed by atoms with Crippen molar-refractivity contribution < 1.29 is 5.11 Å². The fraction of sp³-hybridized carbons (Fsp3) is 0.538. The average molecular weight is 239 g/mol. The lowest BCUT2D eigenvalue weighted by Crippen LogP contribution is -2.13. The van der Waals surface area contributed by atoms with Crippen molar-refractivity contribution in [2.24, 2.45) is 0 Å². The molecular formula is C13H21NOS. The zero-order valence-corrected chi connectivity index (χ0v) is 10.7. The summed E-state index contributed by atoms with van der Waals surface area (Å²) in [4.78, 5) is 1.28. The maximum Gasteiger partial charge on any atom is 0.0439 e. The molecule has 16 heavy (non-hydrogen) atoms. The van der Waals surface area contributed by atoms with E-state index in [0.717, 1.165) is 25.3 Å². The number of nitrogens with one attached hydrogen (secondary N) is 1. The minimum absolute atomic E-state index is 0.284. The van der Waals surface area contributed by atoms with Crippen LogP contribution in [0.3, 0.4) is 0 Å². The number of benzene rings is 1. The molecule has 0 heterocycles. The second-order valence-corrected chi connectivity index (χ2v) is 4.91. The highest BCUT2D eigenvalue weighted by Crippen LogP contribution is 2.18. The Morgan fingerprint density at radius 1 is 1.25 bits per heavy atom. The molecule has 0 aliphatic rings. The predicted octanol–water partition coefficient (Wildman–Crippen LogP) is 2.66. The van der Waals surface area contributed by atoms with E-state index >= 15 is 0 Å². The quantitative estimate of drug-likeness (QED) is 0.540. The van der Waals surface area contributed by atoms with Gasteiger partial charge in [0.25, 0.3) is 0 Å². The van der Waals surface area contributed by atoms with Gasteiger partial charge in [-0.3, -0.25) is 0 Å². The summed E-state index contributed by atoms with van der Waals surface area (Å²) in [5, 5.41) is 12.1. The predicted molar refractivity (Wildman–Crippen MR) is 70.9 cm³/mol. The van der Waals surface area contributed by atoms with E-state index in [1.165, 1.54) is 16.9 Å². The van der Waals surface area contributed by atoms with Gasteiger partial charge in [0.05, 0.1) is 0 Å². The highest BCUT2D eigenvalue weighted by Gasteiger charge is 1.95. The number of thioether (sulfide) groups is 1. The number of hydrogen-bond acceptors (Lipinski definition) is 3. The van der Waals surface area contributed by atoms with Crippen molar-refractivity contribution >= 4 is 11.8 Å². The van der Waals surface area contributed by atoms with Crippen molar-refractivity contribution in [2.45, 2.75) is 31.2 Å². The van der Waals surface area contributed by atoms with Gasteiger partial charge in [0.2, 0.25) is 0 Å². The molecule has 2 nitrogen and oxygen atoms in total. The molecule has 90 valence electrons. The first-order valence-corrected chi connectivity index (χ1v) is 6.88. The molecule has 0 fully saturated rings. The third kappa shape index (κ3) is 5.54. The summed E-state index contributed by atoms with van der Waals surface area (Å²) in [5.74, 6) is 0.990. The Morgan fingerprint density at radius 3 is 2.62 bits per heavy atom. The van der Waals surface area contributed by atoms with Crippen LogP contribution in [0.15, 0.2) is 29.2 Å². The van der Waals surface area contributed by atoms with Crippen molar-refractivity contribution in [3.8, 4) is 0 Å². The molecule has 1 aromatic carbocycles. The second kappa shape index (κ2) is 8.62. The molecular weight excluding hydrogens is 218 g/mol. The fourth-order valence-electron chi connectivity index (χ4n) is 1.37. The molecule has 0 aromatic heterocycles. The first-order valence-electron chi connectivity index (χ1n) is 5.90. The number of rotatable bonds is 8. The van der Waals surface area contributed by atoms with Crippen molar-refractivity contribution in [3.63, 3.8) is 0 Å². The van der Waals surface area contributed by atoms with Crippen LogP contribution in [0.4, 0.5) is 0 Å². The third-order valence-electron chi connectivity index (χ3n) is 2.25. The molecule has 0 bridgehead atoms. The first-order chi connectivity index (χ1) is 7.86. The summed E-state index contributed by atoms with van der Waals surface area (Å²) in [6.07, 6.45) is 2.04. The summed E-state index contributed by atoms with van der Waals surface area (Å²) in [5.41, 5.74) is 1.33. The summed E-state index contributed by atoms with van der Waals surface area (Å²) < 4.78 is 0. The van der Waals surface area contributed by atoms with Gasteiger partial charge >= 0.3 is 0 Å². The Hall–Kier alpha value is -0.510. The molecule has 3 heteroatoms. The van der Waals surface area contributed by atoms with Crippen LogP contribution < -0.4 is 5.32 Å². The van der Waals surface area contributed by atoms with Gasteiger partial charge in [-0.15, -0.1) is 11.8 Å². The monoisotopic (exact) mass is 239 g/mol. The van der Waals surface area contributed by atoms with E-state index in [1.54, 1.807) is 11.8 Å². The molecule has 2 N–H and O–H groups in total. The molecule has 0 spiro atoms. The lowest BCUT2D eigenvalue weighted by molar-refractivity contribution is 0.296. The van der Waals surface area contributed by atoms with Crippen LogP contribution >= 0.6 is 11.8 Å². The molecule has 1 aromatic rings. The van der Waals surface area contributed by atoms with Crippen LogP contribution in [-0.2, 0) is 6.54 Å². The van der Waals surface area contributed by atoms with Gasteiger partial charge in [-0.1, -0.05) is 19.1 Å². The normalized spacial score (nSPS) is 10.6. The lowest BCUT2D eigenvalue weighted by Gasteiger charge is -2.05. The number of aliphatic hydroxyl groups excluding tert-OH is 1. The van der Waals surface area contributed by atoms with E-state index in [2.05, 4.69) is 36.5 Å². The average Bonchev–Trinajstić information content (AvgIpc) is 2.32. The molecule has 1 rings (SSSR count). The molecule has 0 amide bonds. The lowest BCUT2D eigenvalue weighted by atomic mass is 10.2. The zero-order valence-electron chi connectivity index (χ0n) is 9.91. The number of hydrogen-bond donors (Lipinski definition) is 2. The van der Waals surface area contributed by atoms with Crippen molar-refractivity contribution in [1.29, 1.82) is 0 Å². The summed E-state index contributed by atoms with van der Waals surface area (Å²) in [6.45, 7) is 4.49. The standard InChI is InChI=1S/C13H21NOS/c1-2-8-14-11-12-4-6-13(7-5-12)16-10-3-9-15/h4-7,14-15H,2-3,8-11H2,1H3. The Bertz CT molecular complexity index is 245. The smallest absolute Gasteiger partial charge is 0.0439 e.